The van der Waals surface area contributed by atoms with Gasteiger partial charge in [-0.1, -0.05) is 27.7 Å². The van der Waals surface area contributed by atoms with Crippen molar-refractivity contribution in [3.8, 4) is 0 Å². The van der Waals surface area contributed by atoms with Crippen LogP contribution in [-0.2, 0) is 77.0 Å². The van der Waals surface area contributed by atoms with E-state index >= 15 is 0 Å². The molecule has 60 heavy (non-hydrogen) atoms. The van der Waals surface area contributed by atoms with Crippen LogP contribution < -0.4 is 0 Å². The van der Waals surface area contributed by atoms with Crippen molar-refractivity contribution >= 4 is 43.1 Å². The molecule has 0 amide bonds. The van der Waals surface area contributed by atoms with E-state index in [-0.39, 0.29) is 63.3 Å². The third-order valence-electron chi connectivity index (χ3n) is 8.39. The molecule has 31 heteroatoms. The number of hydrogen-bond donors (Lipinski definition) is 11. The molecular formula is C29H56O27S3U. The molecule has 27 nitrogen and oxygen atoms in total. The number of methoxy groups -OCH3 is 1. The van der Waals surface area contributed by atoms with E-state index in [1.165, 1.54) is 7.11 Å². The molecule has 0 aromatic rings. The van der Waals surface area contributed by atoms with Crippen molar-refractivity contribution in [1.29, 1.82) is 0 Å². The Morgan fingerprint density at radius 2 is 1.07 bits per heavy atom. The van der Waals surface area contributed by atoms with Crippen LogP contribution in [0.2, 0.25) is 0 Å². The number of rotatable bonds is 11. The van der Waals surface area contributed by atoms with Gasteiger partial charge in [-0.05, 0) is 12.8 Å². The SMILES string of the molecule is CC.CC1COC(COS(=O)(=O)O)CC1(O)O.CC1COC(COS(=O)(=O)O)CC1(O)O.COC1CCCOC1C(=O)O.O=C(O)C1OCC(OS(=O)(=O)O)C(O)C1O.[U]. The zero-order valence-electron chi connectivity index (χ0n) is 33.0. The minimum Gasteiger partial charge on any atom is -0.479 e. The summed E-state index contributed by atoms with van der Waals surface area (Å²) >= 11 is 0. The van der Waals surface area contributed by atoms with E-state index < -0.39 is 129 Å². The van der Waals surface area contributed by atoms with E-state index in [0.29, 0.717) is 6.61 Å². The fourth-order valence-electron chi connectivity index (χ4n) is 5.03. The van der Waals surface area contributed by atoms with Crippen LogP contribution in [0.25, 0.3) is 0 Å². The Kier molecular flexibility index (Phi) is 28.1. The van der Waals surface area contributed by atoms with Crippen molar-refractivity contribution in [2.24, 2.45) is 11.8 Å². The number of carboxylic acid groups (broad SMARTS) is 2. The Labute approximate surface area is 370 Å². The first-order valence-corrected chi connectivity index (χ1v) is 21.6. The Balaban J connectivity index is 0. The first-order valence-electron chi connectivity index (χ1n) is 17.5. The summed E-state index contributed by atoms with van der Waals surface area (Å²) in [7, 11) is -12.3. The number of aliphatic hydroxyl groups excluding tert-OH is 2. The molecule has 0 bridgehead atoms. The molecule has 0 radical (unpaired) electrons. The number of carbonyl (C=O) groups is 2. The molecule has 0 aromatic carbocycles. The summed E-state index contributed by atoms with van der Waals surface area (Å²) in [5.41, 5.74) is 0. The second-order valence-corrected chi connectivity index (χ2v) is 16.2. The van der Waals surface area contributed by atoms with Crippen LogP contribution in [0.4, 0.5) is 0 Å². The van der Waals surface area contributed by atoms with Crippen molar-refractivity contribution in [3.05, 3.63) is 0 Å². The number of hydrogen-bond acceptors (Lipinski definition) is 22. The second kappa shape index (κ2) is 27.5. The zero-order valence-corrected chi connectivity index (χ0v) is 39.6. The fraction of sp³-hybridized carbons (Fsp3) is 0.931. The van der Waals surface area contributed by atoms with Gasteiger partial charge in [0.15, 0.2) is 23.8 Å². The van der Waals surface area contributed by atoms with Gasteiger partial charge in [-0.2, -0.15) is 25.3 Å². The van der Waals surface area contributed by atoms with Crippen LogP contribution in [0, 0.1) is 42.9 Å². The van der Waals surface area contributed by atoms with Gasteiger partial charge < -0.3 is 64.5 Å². The predicted molar refractivity (Wildman–Crippen MR) is 191 cm³/mol. The number of carboxylic acids is 2. The maximum Gasteiger partial charge on any atom is 0.397 e. The van der Waals surface area contributed by atoms with E-state index in [1.54, 1.807) is 13.8 Å². The summed E-state index contributed by atoms with van der Waals surface area (Å²) in [6.07, 6.45) is -8.12. The number of ether oxygens (including phenoxy) is 5. The first-order chi connectivity index (χ1) is 26.9. The predicted octanol–water partition coefficient (Wildman–Crippen LogP) is -3.51. The quantitative estimate of drug-likeness (QED) is 0.0706. The molecule has 4 aliphatic heterocycles. The van der Waals surface area contributed by atoms with Gasteiger partial charge in [0.2, 0.25) is 0 Å². The minimum atomic E-state index is -4.82. The summed E-state index contributed by atoms with van der Waals surface area (Å²) < 4.78 is 124. The Morgan fingerprint density at radius 1 is 0.650 bits per heavy atom. The zero-order chi connectivity index (χ0) is 46.2. The topological polar surface area (TPSA) is 433 Å². The van der Waals surface area contributed by atoms with Gasteiger partial charge in [-0.15, -0.1) is 0 Å². The monoisotopic (exact) mass is 1170 g/mol. The summed E-state index contributed by atoms with van der Waals surface area (Å²) in [5, 5.41) is 73.6. The van der Waals surface area contributed by atoms with Gasteiger partial charge in [0.05, 0.1) is 51.3 Å². The smallest absolute Gasteiger partial charge is 0.397 e. The van der Waals surface area contributed by atoms with Crippen molar-refractivity contribution in [1.82, 2.24) is 0 Å². The van der Waals surface area contributed by atoms with Crippen molar-refractivity contribution < 1.29 is 157 Å². The van der Waals surface area contributed by atoms with E-state index in [2.05, 4.69) is 17.3 Å². The summed E-state index contributed by atoms with van der Waals surface area (Å²) in [6.45, 7) is 6.44. The average Bonchev–Trinajstić information content (AvgIpc) is 3.11. The molecule has 4 fully saturated rings. The Hall–Kier alpha value is -0.838. The van der Waals surface area contributed by atoms with Gasteiger partial charge in [-0.25, -0.2) is 22.1 Å². The summed E-state index contributed by atoms with van der Waals surface area (Å²) in [5.74, 6) is -7.15. The van der Waals surface area contributed by atoms with E-state index in [9.17, 15) is 65.5 Å². The molecule has 0 aliphatic carbocycles. The van der Waals surface area contributed by atoms with Crippen LogP contribution in [-0.4, -0.2) is 199 Å². The van der Waals surface area contributed by atoms with Gasteiger partial charge in [-0.3, -0.25) is 13.7 Å². The van der Waals surface area contributed by atoms with E-state index in [0.717, 1.165) is 12.8 Å². The average molecular weight is 1170 g/mol. The maximum absolute atomic E-state index is 10.5. The van der Waals surface area contributed by atoms with Gasteiger partial charge >= 0.3 is 43.1 Å². The molecule has 10 unspecified atom stereocenters. The fourth-order valence-corrected chi connectivity index (χ4v) is 6.16. The van der Waals surface area contributed by atoms with Crippen molar-refractivity contribution in [2.75, 3.05) is 46.8 Å². The number of aliphatic carboxylic acids is 2. The summed E-state index contributed by atoms with van der Waals surface area (Å²) in [4.78, 5) is 21.0. The van der Waals surface area contributed by atoms with Crippen molar-refractivity contribution in [2.45, 2.75) is 114 Å². The largest absolute Gasteiger partial charge is 0.479 e. The molecule has 10 atom stereocenters. The van der Waals surface area contributed by atoms with Crippen LogP contribution in [0.5, 0.6) is 0 Å². The molecule has 0 spiro atoms. The van der Waals surface area contributed by atoms with Crippen LogP contribution >= 0.6 is 0 Å². The molecule has 4 aliphatic rings. The molecule has 0 saturated carbocycles. The maximum atomic E-state index is 10.5. The second-order valence-electron chi connectivity index (χ2n) is 13.0. The minimum absolute atomic E-state index is 0. The molecular weight excluding hydrogens is 1110 g/mol. The summed E-state index contributed by atoms with van der Waals surface area (Å²) in [6, 6.07) is 0. The normalized spacial score (nSPS) is 31.2. The Morgan fingerprint density at radius 3 is 1.38 bits per heavy atom. The van der Waals surface area contributed by atoms with Gasteiger partial charge in [0, 0.05) is 69.5 Å². The Bertz CT molecular complexity index is 1530. The van der Waals surface area contributed by atoms with E-state index in [4.69, 9.17) is 42.8 Å². The number of aliphatic hydroxyl groups is 6. The first kappa shape index (κ1) is 61.3. The molecule has 4 saturated heterocycles. The van der Waals surface area contributed by atoms with Crippen LogP contribution in [0.15, 0.2) is 0 Å². The van der Waals surface area contributed by atoms with Crippen molar-refractivity contribution in [3.63, 3.8) is 0 Å². The molecule has 0 aromatic heterocycles. The molecule has 11 N–H and O–H groups in total. The van der Waals surface area contributed by atoms with E-state index in [1.807, 2.05) is 13.8 Å². The van der Waals surface area contributed by atoms with Gasteiger partial charge in [0.1, 0.15) is 18.3 Å². The molecule has 356 valence electrons. The van der Waals surface area contributed by atoms with Gasteiger partial charge in [0.25, 0.3) is 0 Å². The molecule has 4 heterocycles. The standard InChI is InChI=1S/2C7H14O7S.C7H12O4.C6H10O9S.C2H6.U/c2*1-5-3-13-6(2-7(5,8)9)4-14-15(10,11)12;1-10-5-3-2-4-11-6(5)7(8)9;7-3-2(15-16(11,12)13)1-14-5(4(3)8)6(9)10;1-2;/h2*5-6,8-9H,2-4H2,1H3,(H,10,11,12);5-6H,2-4H2,1H3,(H,8,9);2-5,7-8H,1H2,(H,9,10)(H,11,12,13);1-2H3;. The third kappa shape index (κ3) is 24.3. The van der Waals surface area contributed by atoms with Crippen LogP contribution in [0.1, 0.15) is 53.4 Å². The van der Waals surface area contributed by atoms with Crippen LogP contribution in [0.3, 0.4) is 0 Å². The molecule has 4 rings (SSSR count). The third-order valence-corrected chi connectivity index (χ3v) is 9.75.